The first kappa shape index (κ1) is 23.6. The Kier molecular flexibility index (Phi) is 5.64. The molecule has 2 fully saturated rings. The minimum absolute atomic E-state index is 0.356. The van der Waals surface area contributed by atoms with Crippen molar-refractivity contribution in [3.63, 3.8) is 0 Å². The number of carbonyl (C=O) groups is 1. The largest absolute Gasteiger partial charge is 0.497 e. The fourth-order valence-electron chi connectivity index (χ4n) is 6.32. The van der Waals surface area contributed by atoms with Gasteiger partial charge in [-0.3, -0.25) is 4.79 Å². The lowest BCUT2D eigenvalue weighted by atomic mass is 9.81. The Bertz CT molecular complexity index is 1470. The van der Waals surface area contributed by atoms with Gasteiger partial charge in [0.1, 0.15) is 5.75 Å². The van der Waals surface area contributed by atoms with Gasteiger partial charge in [0.05, 0.1) is 12.8 Å². The number of hydrogen-bond acceptors (Lipinski definition) is 4. The van der Waals surface area contributed by atoms with Gasteiger partial charge < -0.3 is 9.30 Å². The summed E-state index contributed by atoms with van der Waals surface area (Å²) in [5.74, 6) is 1.85. The summed E-state index contributed by atoms with van der Waals surface area (Å²) in [5.41, 5.74) is 6.70. The average molecular weight is 508 g/mol. The van der Waals surface area contributed by atoms with Crippen molar-refractivity contribution >= 4 is 27.0 Å². The number of rotatable bonds is 5. The third-order valence-corrected chi connectivity index (χ3v) is 9.74. The van der Waals surface area contributed by atoms with Gasteiger partial charge in [-0.05, 0) is 78.5 Å². The zero-order valence-corrected chi connectivity index (χ0v) is 21.9. The molecule has 0 radical (unpaired) electrons. The molecule has 1 aromatic heterocycles. The number of amides is 1. The number of nitrogens with one attached hydrogen (secondary N) is 1. The van der Waals surface area contributed by atoms with Crippen LogP contribution < -0.4 is 9.46 Å². The zero-order chi connectivity index (χ0) is 25.2. The van der Waals surface area contributed by atoms with Crippen LogP contribution in [0.25, 0.3) is 22.2 Å². The molecule has 1 aliphatic heterocycles. The molecule has 3 aliphatic rings. The molecule has 2 heterocycles. The van der Waals surface area contributed by atoms with E-state index in [2.05, 4.69) is 27.5 Å². The quantitative estimate of drug-likeness (QED) is 0.526. The Labute approximate surface area is 212 Å². The molecule has 0 spiro atoms. The predicted molar refractivity (Wildman–Crippen MR) is 141 cm³/mol. The van der Waals surface area contributed by atoms with Crippen LogP contribution in [-0.4, -0.2) is 44.4 Å². The van der Waals surface area contributed by atoms with Crippen LogP contribution in [0.5, 0.6) is 5.75 Å². The number of ether oxygens (including phenoxy) is 1. The normalized spacial score (nSPS) is 21.4. The first-order valence-electron chi connectivity index (χ1n) is 12.9. The van der Waals surface area contributed by atoms with E-state index in [0.717, 1.165) is 28.5 Å². The number of fused-ring (bicyclic) bond motifs is 7. The number of aromatic nitrogens is 1. The summed E-state index contributed by atoms with van der Waals surface area (Å²) >= 11 is 0. The lowest BCUT2D eigenvalue weighted by Crippen LogP contribution is -2.39. The van der Waals surface area contributed by atoms with E-state index < -0.39 is 16.1 Å². The maximum atomic E-state index is 13.0. The van der Waals surface area contributed by atoms with E-state index >= 15 is 0 Å². The molecule has 0 bridgehead atoms. The summed E-state index contributed by atoms with van der Waals surface area (Å²) in [6.45, 7) is 0.904. The molecule has 2 saturated carbocycles. The first-order chi connectivity index (χ1) is 17.3. The standard InChI is InChI=1S/C28H33N3O4S/c1-30(2)36(33,34)29-28(32)18-9-11-22-25(14-18)31-16-19-13-23(19)24-15-20(35-3)10-12-21(24)27(31)26(22)17-7-5-4-6-8-17/h9-12,14-15,17,19,23H,4-8,13,16H2,1-3H3,(H,29,32)/t19-,23?/m1/s1. The fraction of sp³-hybridized carbons (Fsp3) is 0.464. The van der Waals surface area contributed by atoms with Crippen molar-refractivity contribution in [2.24, 2.45) is 5.92 Å². The van der Waals surface area contributed by atoms with E-state index in [1.807, 2.05) is 12.1 Å². The van der Waals surface area contributed by atoms with Crippen molar-refractivity contribution in [1.29, 1.82) is 0 Å². The smallest absolute Gasteiger partial charge is 0.303 e. The van der Waals surface area contributed by atoms with Gasteiger partial charge in [0.15, 0.2) is 0 Å². The first-order valence-corrected chi connectivity index (χ1v) is 14.3. The maximum Gasteiger partial charge on any atom is 0.303 e. The van der Waals surface area contributed by atoms with Crippen LogP contribution in [0, 0.1) is 5.92 Å². The minimum Gasteiger partial charge on any atom is -0.497 e. The lowest BCUT2D eigenvalue weighted by molar-refractivity contribution is 0.0980. The summed E-state index contributed by atoms with van der Waals surface area (Å²) in [7, 11) is 0.658. The number of methoxy groups -OCH3 is 1. The Hall–Kier alpha value is -2.84. The lowest BCUT2D eigenvalue weighted by Gasteiger charge is -2.24. The summed E-state index contributed by atoms with van der Waals surface area (Å²) < 4.78 is 35.7. The highest BCUT2D eigenvalue weighted by atomic mass is 32.2. The van der Waals surface area contributed by atoms with Crippen LogP contribution in [0.2, 0.25) is 0 Å². The molecule has 8 heteroatoms. The van der Waals surface area contributed by atoms with Gasteiger partial charge in [0.25, 0.3) is 5.91 Å². The van der Waals surface area contributed by atoms with Gasteiger partial charge >= 0.3 is 10.2 Å². The van der Waals surface area contributed by atoms with Crippen LogP contribution in [-0.2, 0) is 16.8 Å². The number of hydrogen-bond donors (Lipinski definition) is 1. The molecule has 1 N–H and O–H groups in total. The molecular weight excluding hydrogens is 474 g/mol. The van der Waals surface area contributed by atoms with Crippen molar-refractivity contribution in [1.82, 2.24) is 13.6 Å². The summed E-state index contributed by atoms with van der Waals surface area (Å²) in [4.78, 5) is 13.0. The molecule has 6 rings (SSSR count). The third kappa shape index (κ3) is 3.82. The van der Waals surface area contributed by atoms with Gasteiger partial charge in [-0.2, -0.15) is 12.7 Å². The predicted octanol–water partition coefficient (Wildman–Crippen LogP) is 5.02. The molecule has 1 unspecified atom stereocenters. The highest BCUT2D eigenvalue weighted by Crippen LogP contribution is 2.57. The molecule has 36 heavy (non-hydrogen) atoms. The van der Waals surface area contributed by atoms with Gasteiger partial charge in [-0.25, -0.2) is 4.72 Å². The van der Waals surface area contributed by atoms with E-state index in [-0.39, 0.29) is 0 Å². The highest BCUT2D eigenvalue weighted by molar-refractivity contribution is 7.87. The number of nitrogens with zero attached hydrogens (tertiary/aromatic N) is 2. The van der Waals surface area contributed by atoms with E-state index in [0.29, 0.717) is 23.3 Å². The molecule has 2 aromatic carbocycles. The van der Waals surface area contributed by atoms with Crippen molar-refractivity contribution in [2.75, 3.05) is 21.2 Å². The second-order valence-electron chi connectivity index (χ2n) is 10.7. The number of benzene rings is 2. The van der Waals surface area contributed by atoms with Crippen molar-refractivity contribution in [2.45, 2.75) is 56.9 Å². The monoisotopic (exact) mass is 507 g/mol. The molecular formula is C28H33N3O4S. The van der Waals surface area contributed by atoms with E-state index in [9.17, 15) is 13.2 Å². The summed E-state index contributed by atoms with van der Waals surface area (Å²) in [6, 6.07) is 12.2. The van der Waals surface area contributed by atoms with Crippen LogP contribution >= 0.6 is 0 Å². The Morgan fingerprint density at radius 1 is 1.08 bits per heavy atom. The van der Waals surface area contributed by atoms with Crippen LogP contribution in [0.15, 0.2) is 36.4 Å². The molecule has 3 aromatic rings. The molecule has 2 atom stereocenters. The van der Waals surface area contributed by atoms with Gasteiger partial charge in [-0.1, -0.05) is 25.3 Å². The topological polar surface area (TPSA) is 80.6 Å². The van der Waals surface area contributed by atoms with Crippen molar-refractivity contribution < 1.29 is 17.9 Å². The molecule has 190 valence electrons. The molecule has 1 amide bonds. The number of carbonyl (C=O) groups excluding carboxylic acids is 1. The molecule has 7 nitrogen and oxygen atoms in total. The maximum absolute atomic E-state index is 13.0. The van der Waals surface area contributed by atoms with E-state index in [1.54, 1.807) is 13.2 Å². The Morgan fingerprint density at radius 3 is 2.58 bits per heavy atom. The molecule has 0 saturated heterocycles. The van der Waals surface area contributed by atoms with Gasteiger partial charge in [0.2, 0.25) is 0 Å². The second-order valence-corrected chi connectivity index (χ2v) is 12.6. The van der Waals surface area contributed by atoms with Crippen LogP contribution in [0.1, 0.15) is 71.8 Å². The van der Waals surface area contributed by atoms with E-state index in [1.165, 1.54) is 74.0 Å². The second kappa shape index (κ2) is 8.63. The van der Waals surface area contributed by atoms with Gasteiger partial charge in [0, 0.05) is 42.7 Å². The van der Waals surface area contributed by atoms with Gasteiger partial charge in [-0.15, -0.1) is 0 Å². The summed E-state index contributed by atoms with van der Waals surface area (Å²) in [5, 5.41) is 1.18. The van der Waals surface area contributed by atoms with Crippen molar-refractivity contribution in [3.8, 4) is 17.0 Å². The summed E-state index contributed by atoms with van der Waals surface area (Å²) in [6.07, 6.45) is 7.26. The van der Waals surface area contributed by atoms with Crippen LogP contribution in [0.4, 0.5) is 0 Å². The third-order valence-electron chi connectivity index (χ3n) is 8.33. The fourth-order valence-corrected chi connectivity index (χ4v) is 6.86. The van der Waals surface area contributed by atoms with Crippen LogP contribution in [0.3, 0.4) is 0 Å². The molecule has 2 aliphatic carbocycles. The Balaban J connectivity index is 1.55. The average Bonchev–Trinajstić information content (AvgIpc) is 3.59. The highest BCUT2D eigenvalue weighted by Gasteiger charge is 2.44. The Morgan fingerprint density at radius 2 is 1.86 bits per heavy atom. The van der Waals surface area contributed by atoms with E-state index in [4.69, 9.17) is 4.74 Å². The van der Waals surface area contributed by atoms with Crippen molar-refractivity contribution in [3.05, 3.63) is 53.1 Å². The zero-order valence-electron chi connectivity index (χ0n) is 21.1. The SMILES string of the molecule is COc1ccc2c(c1)C1C[C@@H]1Cn1c-2c(C2CCCCC2)c2ccc(C(=O)NS(=O)(=O)N(C)C)cc21. The minimum atomic E-state index is -3.87.